The van der Waals surface area contributed by atoms with E-state index in [1.54, 1.807) is 20.8 Å². The number of nitrogens with one attached hydrogen (secondary N) is 3. The fourth-order valence-corrected chi connectivity index (χ4v) is 2.55. The Labute approximate surface area is 190 Å². The molecule has 1 aromatic carbocycles. The molecule has 0 bridgehead atoms. The summed E-state index contributed by atoms with van der Waals surface area (Å²) in [4.78, 5) is 45.6. The van der Waals surface area contributed by atoms with Crippen LogP contribution >= 0.6 is 0 Å². The smallest absolute Gasteiger partial charge is 0.434 e. The Morgan fingerprint density at radius 2 is 1.74 bits per heavy atom. The zero-order valence-corrected chi connectivity index (χ0v) is 18.2. The van der Waals surface area contributed by atoms with Crippen molar-refractivity contribution in [2.45, 2.75) is 39.0 Å². The summed E-state index contributed by atoms with van der Waals surface area (Å²) in [6, 6.07) is 4.06. The van der Waals surface area contributed by atoms with E-state index in [9.17, 15) is 37.7 Å². The maximum Gasteiger partial charge on any atom is 0.434 e. The number of alkyl carbamates (subject to hydrolysis) is 1. The SMILES string of the molecule is CC(C)(C)OC(=O)NCCC(=O)NNC(=O)c1cnn(-c2ccc([N+](=O)[O-])cc2)c1C(F)(F)F. The number of carbonyl (C=O) groups excluding carboxylic acids is 3. The number of alkyl halides is 3. The third kappa shape index (κ3) is 7.18. The number of non-ortho nitro benzene ring substituents is 1. The second kappa shape index (κ2) is 10.2. The highest BCUT2D eigenvalue weighted by molar-refractivity contribution is 5.96. The number of halogens is 3. The van der Waals surface area contributed by atoms with Crippen LogP contribution in [0.3, 0.4) is 0 Å². The van der Waals surface area contributed by atoms with Crippen molar-refractivity contribution in [2.24, 2.45) is 0 Å². The maximum atomic E-state index is 13.7. The van der Waals surface area contributed by atoms with E-state index in [4.69, 9.17) is 4.74 Å². The number of rotatable bonds is 6. The number of hydrogen-bond acceptors (Lipinski definition) is 7. The van der Waals surface area contributed by atoms with Gasteiger partial charge in [-0.2, -0.15) is 18.3 Å². The summed E-state index contributed by atoms with van der Waals surface area (Å²) in [6.45, 7) is 4.79. The van der Waals surface area contributed by atoms with Crippen molar-refractivity contribution in [3.63, 3.8) is 0 Å². The van der Waals surface area contributed by atoms with Crippen LogP contribution in [0.4, 0.5) is 23.7 Å². The van der Waals surface area contributed by atoms with Crippen molar-refractivity contribution in [3.8, 4) is 5.69 Å². The number of benzene rings is 1. The maximum absolute atomic E-state index is 13.7. The van der Waals surface area contributed by atoms with E-state index >= 15 is 0 Å². The lowest BCUT2D eigenvalue weighted by Crippen LogP contribution is -2.43. The molecule has 0 unspecified atom stereocenters. The molecule has 1 aromatic heterocycles. The second-order valence-corrected chi connectivity index (χ2v) is 7.77. The van der Waals surface area contributed by atoms with E-state index in [2.05, 4.69) is 10.4 Å². The summed E-state index contributed by atoms with van der Waals surface area (Å²) in [5.41, 5.74) is 0.202. The minimum atomic E-state index is -5.02. The summed E-state index contributed by atoms with van der Waals surface area (Å²) in [7, 11) is 0. The summed E-state index contributed by atoms with van der Waals surface area (Å²) < 4.78 is 46.4. The predicted octanol–water partition coefficient (Wildman–Crippen LogP) is 2.48. The molecule has 0 radical (unpaired) electrons. The first kappa shape index (κ1) is 26.1. The molecule has 0 aliphatic heterocycles. The average molecular weight is 486 g/mol. The van der Waals surface area contributed by atoms with Gasteiger partial charge in [-0.3, -0.25) is 30.6 Å². The number of nitro groups is 1. The lowest BCUT2D eigenvalue weighted by molar-refractivity contribution is -0.384. The van der Waals surface area contributed by atoms with Gasteiger partial charge in [-0.25, -0.2) is 9.48 Å². The van der Waals surface area contributed by atoms with Crippen molar-refractivity contribution in [1.82, 2.24) is 25.9 Å². The molecule has 0 fully saturated rings. The van der Waals surface area contributed by atoms with Crippen LogP contribution in [-0.2, 0) is 15.7 Å². The molecule has 0 aliphatic carbocycles. The van der Waals surface area contributed by atoms with E-state index in [-0.39, 0.29) is 24.3 Å². The van der Waals surface area contributed by atoms with Crippen LogP contribution in [0.5, 0.6) is 0 Å². The molecule has 3 amide bonds. The third-order valence-corrected chi connectivity index (χ3v) is 3.92. The highest BCUT2D eigenvalue weighted by Gasteiger charge is 2.40. The number of amides is 3. The Morgan fingerprint density at radius 1 is 1.12 bits per heavy atom. The molecule has 0 saturated carbocycles. The van der Waals surface area contributed by atoms with Crippen LogP contribution in [0.2, 0.25) is 0 Å². The minimum Gasteiger partial charge on any atom is -0.444 e. The number of ether oxygens (including phenoxy) is 1. The molecule has 3 N–H and O–H groups in total. The molecular formula is C19H21F3N6O6. The number of hydrogen-bond donors (Lipinski definition) is 3. The highest BCUT2D eigenvalue weighted by Crippen LogP contribution is 2.33. The second-order valence-electron chi connectivity index (χ2n) is 7.77. The van der Waals surface area contributed by atoms with Gasteiger partial charge >= 0.3 is 12.3 Å². The van der Waals surface area contributed by atoms with E-state index in [0.29, 0.717) is 10.9 Å². The van der Waals surface area contributed by atoms with Gasteiger partial charge < -0.3 is 10.1 Å². The van der Waals surface area contributed by atoms with E-state index in [0.717, 1.165) is 24.3 Å². The number of hydrazine groups is 1. The fraction of sp³-hybridized carbons (Fsp3) is 0.368. The zero-order chi connectivity index (χ0) is 25.7. The molecule has 12 nitrogen and oxygen atoms in total. The fourth-order valence-electron chi connectivity index (χ4n) is 2.55. The molecule has 0 spiro atoms. The van der Waals surface area contributed by atoms with Crippen LogP contribution < -0.4 is 16.2 Å². The van der Waals surface area contributed by atoms with Gasteiger partial charge in [-0.05, 0) is 32.9 Å². The molecule has 0 aliphatic rings. The Hall–Kier alpha value is -4.17. The summed E-state index contributed by atoms with van der Waals surface area (Å²) in [5.74, 6) is -2.09. The normalized spacial score (nSPS) is 11.5. The van der Waals surface area contributed by atoms with Crippen LogP contribution in [-0.4, -0.2) is 44.8 Å². The van der Waals surface area contributed by atoms with Crippen LogP contribution in [0.1, 0.15) is 43.2 Å². The summed E-state index contributed by atoms with van der Waals surface area (Å²) in [6.07, 6.45) is -5.44. The van der Waals surface area contributed by atoms with Gasteiger partial charge in [0.2, 0.25) is 5.91 Å². The van der Waals surface area contributed by atoms with Crippen LogP contribution in [0.15, 0.2) is 30.5 Å². The largest absolute Gasteiger partial charge is 0.444 e. The Bertz CT molecular complexity index is 1080. The Morgan fingerprint density at radius 3 is 2.26 bits per heavy atom. The van der Waals surface area contributed by atoms with E-state index in [1.807, 2.05) is 10.9 Å². The first-order valence-corrected chi connectivity index (χ1v) is 9.65. The van der Waals surface area contributed by atoms with Gasteiger partial charge in [0.15, 0.2) is 5.69 Å². The van der Waals surface area contributed by atoms with Crippen LogP contribution in [0, 0.1) is 10.1 Å². The van der Waals surface area contributed by atoms with Crippen molar-refractivity contribution in [2.75, 3.05) is 6.54 Å². The first-order chi connectivity index (χ1) is 15.7. The molecule has 34 heavy (non-hydrogen) atoms. The van der Waals surface area contributed by atoms with Gasteiger partial charge in [0.1, 0.15) is 5.60 Å². The molecule has 15 heteroatoms. The number of nitro benzene ring substituents is 1. The zero-order valence-electron chi connectivity index (χ0n) is 18.2. The number of carbonyl (C=O) groups is 3. The van der Waals surface area contributed by atoms with Gasteiger partial charge in [0.05, 0.1) is 22.4 Å². The highest BCUT2D eigenvalue weighted by atomic mass is 19.4. The topological polar surface area (TPSA) is 157 Å². The van der Waals surface area contributed by atoms with Gasteiger partial charge in [0.25, 0.3) is 11.6 Å². The van der Waals surface area contributed by atoms with E-state index in [1.165, 1.54) is 0 Å². The molecule has 2 aromatic rings. The lowest BCUT2D eigenvalue weighted by atomic mass is 10.2. The lowest BCUT2D eigenvalue weighted by Gasteiger charge is -2.19. The molecule has 2 rings (SSSR count). The van der Waals surface area contributed by atoms with E-state index < -0.39 is 45.9 Å². The number of aromatic nitrogens is 2. The van der Waals surface area contributed by atoms with Gasteiger partial charge in [-0.1, -0.05) is 0 Å². The molecular weight excluding hydrogens is 465 g/mol. The summed E-state index contributed by atoms with van der Waals surface area (Å²) >= 11 is 0. The van der Waals surface area contributed by atoms with Crippen molar-refractivity contribution in [3.05, 3.63) is 51.8 Å². The predicted molar refractivity (Wildman–Crippen MR) is 110 cm³/mol. The summed E-state index contributed by atoms with van der Waals surface area (Å²) in [5, 5.41) is 16.6. The van der Waals surface area contributed by atoms with Crippen LogP contribution in [0.25, 0.3) is 5.69 Å². The van der Waals surface area contributed by atoms with Crippen molar-refractivity contribution in [1.29, 1.82) is 0 Å². The monoisotopic (exact) mass is 486 g/mol. The van der Waals surface area contributed by atoms with Crippen molar-refractivity contribution < 1.29 is 37.2 Å². The number of nitrogens with zero attached hydrogens (tertiary/aromatic N) is 3. The van der Waals surface area contributed by atoms with Gasteiger partial charge in [0, 0.05) is 25.1 Å². The molecule has 0 saturated heterocycles. The molecule has 1 heterocycles. The minimum absolute atomic E-state index is 0.150. The first-order valence-electron chi connectivity index (χ1n) is 9.65. The molecule has 184 valence electrons. The Kier molecular flexibility index (Phi) is 7.81. The quantitative estimate of drug-likeness (QED) is 0.418. The molecule has 0 atom stereocenters. The van der Waals surface area contributed by atoms with Crippen molar-refractivity contribution >= 4 is 23.6 Å². The third-order valence-electron chi connectivity index (χ3n) is 3.92. The van der Waals surface area contributed by atoms with Gasteiger partial charge in [-0.15, -0.1) is 0 Å². The average Bonchev–Trinajstić information content (AvgIpc) is 3.16. The Balaban J connectivity index is 2.05. The standard InChI is InChI=1S/C19H21F3N6O6/c1-18(2,3)34-17(31)23-9-8-14(29)25-26-16(30)13-10-24-27(15(13)19(20,21)22)11-4-6-12(7-5-11)28(32)33/h4-7,10H,8-9H2,1-3H3,(H,23,31)(H,25,29)(H,26,30).